The highest BCUT2D eigenvalue weighted by Gasteiger charge is 2.29. The number of hydrogen-bond donors (Lipinski definition) is 1. The molecular formula is C21H17BrClF3N2O2. The molecule has 0 saturated heterocycles. The highest BCUT2D eigenvalue weighted by Crippen LogP contribution is 2.30. The number of hydrogen-bond acceptors (Lipinski definition) is 2. The summed E-state index contributed by atoms with van der Waals surface area (Å²) in [5, 5.41) is 3.08. The maximum absolute atomic E-state index is 12.6. The van der Waals surface area contributed by atoms with E-state index >= 15 is 0 Å². The molecule has 1 aliphatic rings. The number of nitrogens with one attached hydrogen (secondary N) is 1. The molecule has 4 nitrogen and oxygen atoms in total. The molecule has 9 heteroatoms. The molecule has 0 spiro atoms. The zero-order chi connectivity index (χ0) is 21.9. The highest BCUT2D eigenvalue weighted by molar-refractivity contribution is 9.10. The van der Waals surface area contributed by atoms with Crippen LogP contribution in [0.4, 0.5) is 13.2 Å². The maximum atomic E-state index is 12.6. The van der Waals surface area contributed by atoms with Crippen LogP contribution in [0.15, 0.2) is 46.9 Å². The van der Waals surface area contributed by atoms with Gasteiger partial charge in [0.25, 0.3) is 0 Å². The van der Waals surface area contributed by atoms with Crippen LogP contribution in [0.5, 0.6) is 0 Å². The molecule has 0 radical (unpaired) electrons. The van der Waals surface area contributed by atoms with E-state index in [1.54, 1.807) is 11.0 Å². The molecule has 0 aromatic heterocycles. The number of carbonyl (C=O) groups excluding carboxylic acids is 2. The molecule has 2 amide bonds. The fourth-order valence-corrected chi connectivity index (χ4v) is 4.02. The van der Waals surface area contributed by atoms with Crippen molar-refractivity contribution in [3.8, 4) is 0 Å². The molecule has 1 aliphatic heterocycles. The van der Waals surface area contributed by atoms with Gasteiger partial charge in [-0.1, -0.05) is 39.7 Å². The second kappa shape index (κ2) is 9.22. The van der Waals surface area contributed by atoms with Gasteiger partial charge in [0.2, 0.25) is 11.8 Å². The van der Waals surface area contributed by atoms with Crippen molar-refractivity contribution in [2.75, 3.05) is 13.1 Å². The van der Waals surface area contributed by atoms with Gasteiger partial charge in [0.05, 0.1) is 12.1 Å². The molecule has 30 heavy (non-hydrogen) atoms. The minimum Gasteiger partial charge on any atom is -0.343 e. The minimum atomic E-state index is -4.41. The topological polar surface area (TPSA) is 49.4 Å². The van der Waals surface area contributed by atoms with E-state index < -0.39 is 17.6 Å². The Bertz CT molecular complexity index is 991. The lowest BCUT2D eigenvalue weighted by Gasteiger charge is -2.29. The summed E-state index contributed by atoms with van der Waals surface area (Å²) in [5.41, 5.74) is 1.66. The average Bonchev–Trinajstić information content (AvgIpc) is 2.69. The third kappa shape index (κ3) is 5.64. The van der Waals surface area contributed by atoms with Gasteiger partial charge >= 0.3 is 6.18 Å². The van der Waals surface area contributed by atoms with E-state index in [1.807, 2.05) is 6.07 Å². The van der Waals surface area contributed by atoms with Crippen LogP contribution in [-0.2, 0) is 28.7 Å². The van der Waals surface area contributed by atoms with Crippen LogP contribution in [0, 0.1) is 0 Å². The first-order chi connectivity index (χ1) is 14.1. The van der Waals surface area contributed by atoms with Crippen molar-refractivity contribution in [3.63, 3.8) is 0 Å². The van der Waals surface area contributed by atoms with E-state index in [0.717, 1.165) is 27.7 Å². The van der Waals surface area contributed by atoms with E-state index in [1.165, 1.54) is 24.3 Å². The zero-order valence-corrected chi connectivity index (χ0v) is 17.9. The summed E-state index contributed by atoms with van der Waals surface area (Å²) in [6.45, 7) is 0.715. The molecule has 1 N–H and O–H groups in total. The third-order valence-electron chi connectivity index (χ3n) is 4.68. The Morgan fingerprint density at radius 2 is 1.90 bits per heavy atom. The third-order valence-corrected chi connectivity index (χ3v) is 5.48. The van der Waals surface area contributed by atoms with Crippen molar-refractivity contribution in [1.29, 1.82) is 0 Å². The van der Waals surface area contributed by atoms with Gasteiger partial charge in [0.15, 0.2) is 0 Å². The Hall–Kier alpha value is -2.32. The zero-order valence-electron chi connectivity index (χ0n) is 15.6. The van der Waals surface area contributed by atoms with Gasteiger partial charge in [0.1, 0.15) is 0 Å². The van der Waals surface area contributed by atoms with Crippen LogP contribution < -0.4 is 5.32 Å². The van der Waals surface area contributed by atoms with Gasteiger partial charge in [0, 0.05) is 28.7 Å². The van der Waals surface area contributed by atoms with Crippen LogP contribution in [0.25, 0.3) is 6.08 Å². The van der Waals surface area contributed by atoms with Crippen molar-refractivity contribution in [2.45, 2.75) is 19.1 Å². The molecule has 0 bridgehead atoms. The fraction of sp³-hybridized carbons (Fsp3) is 0.238. The van der Waals surface area contributed by atoms with Gasteiger partial charge in [-0.3, -0.25) is 9.59 Å². The monoisotopic (exact) mass is 500 g/mol. The quantitative estimate of drug-likeness (QED) is 0.610. The normalized spacial score (nSPS) is 14.0. The molecular weight excluding hydrogens is 485 g/mol. The van der Waals surface area contributed by atoms with Gasteiger partial charge in [-0.05, 0) is 53.5 Å². The molecule has 158 valence electrons. The standard InChI is InChI=1S/C21H17BrClF3N2O2/c22-16-9-14-7-8-28(12-17(14)18(23)10-16)20(30)11-27-19(29)6-3-13-1-4-15(5-2-13)21(24,25)26/h1-6,9-10H,7-8,11-12H2,(H,27,29)/b6-3+. The Morgan fingerprint density at radius 3 is 2.57 bits per heavy atom. The SMILES string of the molecule is O=C(/C=C/c1ccc(C(F)(F)F)cc1)NCC(=O)N1CCc2cc(Br)cc(Cl)c2C1. The number of carbonyl (C=O) groups is 2. The van der Waals surface area contributed by atoms with E-state index in [4.69, 9.17) is 11.6 Å². The largest absolute Gasteiger partial charge is 0.416 e. The van der Waals surface area contributed by atoms with Crippen LogP contribution in [0.2, 0.25) is 5.02 Å². The van der Waals surface area contributed by atoms with Crippen molar-refractivity contribution in [3.05, 3.63) is 74.2 Å². The van der Waals surface area contributed by atoms with Crippen molar-refractivity contribution in [1.82, 2.24) is 10.2 Å². The number of rotatable bonds is 4. The van der Waals surface area contributed by atoms with Crippen LogP contribution >= 0.6 is 27.5 Å². The number of fused-ring (bicyclic) bond motifs is 1. The van der Waals surface area contributed by atoms with E-state index in [0.29, 0.717) is 30.1 Å². The number of amides is 2. The number of nitrogens with zero attached hydrogens (tertiary/aromatic N) is 1. The number of halogens is 5. The molecule has 0 saturated carbocycles. The smallest absolute Gasteiger partial charge is 0.343 e. The van der Waals surface area contributed by atoms with Crippen molar-refractivity contribution < 1.29 is 22.8 Å². The first kappa shape index (κ1) is 22.4. The highest BCUT2D eigenvalue weighted by atomic mass is 79.9. The average molecular weight is 502 g/mol. The summed E-state index contributed by atoms with van der Waals surface area (Å²) in [5.74, 6) is -0.751. The molecule has 2 aromatic carbocycles. The van der Waals surface area contributed by atoms with E-state index in [2.05, 4.69) is 21.2 Å². The fourth-order valence-electron chi connectivity index (χ4n) is 3.08. The predicted molar refractivity (Wildman–Crippen MR) is 112 cm³/mol. The molecule has 1 heterocycles. The van der Waals surface area contributed by atoms with E-state index in [9.17, 15) is 22.8 Å². The van der Waals surface area contributed by atoms with Gasteiger partial charge in [-0.2, -0.15) is 13.2 Å². The molecule has 0 atom stereocenters. The number of benzene rings is 2. The molecule has 0 fully saturated rings. The Balaban J connectivity index is 1.52. The lowest BCUT2D eigenvalue weighted by molar-refractivity contribution is -0.137. The molecule has 3 rings (SSSR count). The van der Waals surface area contributed by atoms with Gasteiger partial charge < -0.3 is 10.2 Å². The maximum Gasteiger partial charge on any atom is 0.416 e. The summed E-state index contributed by atoms with van der Waals surface area (Å²) in [4.78, 5) is 26.0. The summed E-state index contributed by atoms with van der Waals surface area (Å²) >= 11 is 9.67. The van der Waals surface area contributed by atoms with Gasteiger partial charge in [-0.25, -0.2) is 0 Å². The summed E-state index contributed by atoms with van der Waals surface area (Å²) in [7, 11) is 0. The Morgan fingerprint density at radius 1 is 1.20 bits per heavy atom. The Labute approximate surface area is 184 Å². The minimum absolute atomic E-state index is 0.181. The molecule has 0 aliphatic carbocycles. The predicted octanol–water partition coefficient (Wildman–Crippen LogP) is 4.84. The van der Waals surface area contributed by atoms with Crippen molar-refractivity contribution in [2.24, 2.45) is 0 Å². The summed E-state index contributed by atoms with van der Waals surface area (Å²) < 4.78 is 38.6. The Kier molecular flexibility index (Phi) is 6.88. The van der Waals surface area contributed by atoms with Gasteiger partial charge in [-0.15, -0.1) is 0 Å². The lowest BCUT2D eigenvalue weighted by atomic mass is 10.00. The van der Waals surface area contributed by atoms with Crippen molar-refractivity contribution >= 4 is 45.4 Å². The molecule has 0 unspecified atom stereocenters. The number of alkyl halides is 3. The van der Waals surface area contributed by atoms with E-state index in [-0.39, 0.29) is 12.5 Å². The summed E-state index contributed by atoms with van der Waals surface area (Å²) in [6, 6.07) is 8.19. The lowest BCUT2D eigenvalue weighted by Crippen LogP contribution is -2.42. The van der Waals surface area contributed by atoms with Crippen LogP contribution in [-0.4, -0.2) is 29.8 Å². The van der Waals surface area contributed by atoms with Crippen LogP contribution in [0.3, 0.4) is 0 Å². The first-order valence-corrected chi connectivity index (χ1v) is 10.2. The second-order valence-corrected chi connectivity index (χ2v) is 8.08. The molecule has 2 aromatic rings. The second-order valence-electron chi connectivity index (χ2n) is 6.76. The first-order valence-electron chi connectivity index (χ1n) is 9.01. The summed E-state index contributed by atoms with van der Waals surface area (Å²) in [6.07, 6.45) is -1.18. The van der Waals surface area contributed by atoms with Crippen LogP contribution in [0.1, 0.15) is 22.3 Å².